The first-order chi connectivity index (χ1) is 6.49. The highest BCUT2D eigenvalue weighted by atomic mass is 19.3. The fourth-order valence-corrected chi connectivity index (χ4v) is 1.49. The van der Waals surface area contributed by atoms with Crippen LogP contribution < -0.4 is 0 Å². The fraction of sp³-hybridized carbons (Fsp3) is 0.889. The van der Waals surface area contributed by atoms with Gasteiger partial charge in [0.25, 0.3) is 0 Å². The molecule has 0 spiro atoms. The number of hydrogen-bond acceptors (Lipinski definition) is 2. The molecule has 0 unspecified atom stereocenters. The standard InChI is InChI=1S/C9H14F2O3/c10-9(11)4-1-7(2-5-9)14-6-3-8(12)13/h7H,1-6H2,(H,12,13). The SMILES string of the molecule is O=C(O)CCOC1CCC(F)(F)CC1. The molecule has 0 bridgehead atoms. The Hall–Kier alpha value is -0.710. The zero-order chi connectivity index (χ0) is 10.6. The van der Waals surface area contributed by atoms with E-state index in [0.717, 1.165) is 0 Å². The van der Waals surface area contributed by atoms with Gasteiger partial charge in [0.2, 0.25) is 5.92 Å². The molecule has 0 saturated heterocycles. The maximum Gasteiger partial charge on any atom is 0.305 e. The predicted octanol–water partition coefficient (Wildman–Crippen LogP) is 2.06. The number of ether oxygens (including phenoxy) is 1. The summed E-state index contributed by atoms with van der Waals surface area (Å²) in [5, 5.41) is 8.33. The molecule has 0 radical (unpaired) electrons. The monoisotopic (exact) mass is 208 g/mol. The molecule has 1 aliphatic carbocycles. The number of halogens is 2. The van der Waals surface area contributed by atoms with Crippen LogP contribution in [0.4, 0.5) is 8.78 Å². The van der Waals surface area contributed by atoms with Crippen LogP contribution in [0.1, 0.15) is 32.1 Å². The van der Waals surface area contributed by atoms with Crippen LogP contribution in [0.15, 0.2) is 0 Å². The quantitative estimate of drug-likeness (QED) is 0.769. The highest BCUT2D eigenvalue weighted by Crippen LogP contribution is 2.34. The summed E-state index contributed by atoms with van der Waals surface area (Å²) < 4.78 is 30.5. The van der Waals surface area contributed by atoms with Crippen LogP contribution in [0, 0.1) is 0 Å². The van der Waals surface area contributed by atoms with Crippen LogP contribution in [-0.4, -0.2) is 29.7 Å². The minimum Gasteiger partial charge on any atom is -0.481 e. The molecule has 0 aromatic carbocycles. The third-order valence-electron chi connectivity index (χ3n) is 2.33. The molecule has 14 heavy (non-hydrogen) atoms. The molecule has 3 nitrogen and oxygen atoms in total. The number of aliphatic carboxylic acids is 1. The van der Waals surface area contributed by atoms with Gasteiger partial charge in [-0.1, -0.05) is 0 Å². The molecular formula is C9H14F2O3. The maximum atomic E-state index is 12.7. The van der Waals surface area contributed by atoms with E-state index in [1.165, 1.54) is 0 Å². The van der Waals surface area contributed by atoms with Gasteiger partial charge in [-0.25, -0.2) is 8.78 Å². The molecule has 0 aromatic rings. The summed E-state index contributed by atoms with van der Waals surface area (Å²) >= 11 is 0. The average Bonchev–Trinajstić information content (AvgIpc) is 2.07. The van der Waals surface area contributed by atoms with Crippen molar-refractivity contribution in [1.82, 2.24) is 0 Å². The number of carbonyl (C=O) groups is 1. The number of alkyl halides is 2. The van der Waals surface area contributed by atoms with Crippen molar-refractivity contribution in [3.8, 4) is 0 Å². The van der Waals surface area contributed by atoms with Crippen molar-refractivity contribution in [1.29, 1.82) is 0 Å². The van der Waals surface area contributed by atoms with Gasteiger partial charge in [-0.15, -0.1) is 0 Å². The van der Waals surface area contributed by atoms with Crippen molar-refractivity contribution < 1.29 is 23.4 Å². The smallest absolute Gasteiger partial charge is 0.305 e. The largest absolute Gasteiger partial charge is 0.481 e. The van der Waals surface area contributed by atoms with E-state index < -0.39 is 11.9 Å². The minimum atomic E-state index is -2.55. The lowest BCUT2D eigenvalue weighted by atomic mass is 9.94. The normalized spacial score (nSPS) is 22.1. The Balaban J connectivity index is 2.13. The van der Waals surface area contributed by atoms with E-state index in [0.29, 0.717) is 12.8 Å². The lowest BCUT2D eigenvalue weighted by molar-refractivity contribution is -0.139. The van der Waals surface area contributed by atoms with E-state index in [1.807, 2.05) is 0 Å². The lowest BCUT2D eigenvalue weighted by Gasteiger charge is -2.28. The molecule has 0 aliphatic heterocycles. The van der Waals surface area contributed by atoms with Gasteiger partial charge in [0, 0.05) is 12.8 Å². The van der Waals surface area contributed by atoms with Crippen LogP contribution >= 0.6 is 0 Å². The minimum absolute atomic E-state index is 0.0626. The van der Waals surface area contributed by atoms with Crippen molar-refractivity contribution in [3.63, 3.8) is 0 Å². The first-order valence-electron chi connectivity index (χ1n) is 4.71. The Morgan fingerprint density at radius 2 is 2.00 bits per heavy atom. The van der Waals surface area contributed by atoms with Gasteiger partial charge < -0.3 is 9.84 Å². The summed E-state index contributed by atoms with van der Waals surface area (Å²) in [7, 11) is 0. The number of carboxylic acids is 1. The van der Waals surface area contributed by atoms with Gasteiger partial charge in [-0.05, 0) is 12.8 Å². The summed E-state index contributed by atoms with van der Waals surface area (Å²) in [6.07, 6.45) is 0.107. The van der Waals surface area contributed by atoms with Gasteiger partial charge in [-0.3, -0.25) is 4.79 Å². The van der Waals surface area contributed by atoms with Gasteiger partial charge >= 0.3 is 5.97 Å². The fourth-order valence-electron chi connectivity index (χ4n) is 1.49. The van der Waals surface area contributed by atoms with Crippen LogP contribution in [0.3, 0.4) is 0 Å². The van der Waals surface area contributed by atoms with E-state index in [4.69, 9.17) is 9.84 Å². The summed E-state index contributed by atoms with van der Waals surface area (Å²) in [6.45, 7) is 0.117. The molecule has 1 fully saturated rings. The molecule has 1 rings (SSSR count). The van der Waals surface area contributed by atoms with Crippen LogP contribution in [-0.2, 0) is 9.53 Å². The van der Waals surface area contributed by atoms with Gasteiger partial charge in [0.05, 0.1) is 19.1 Å². The Morgan fingerprint density at radius 1 is 1.43 bits per heavy atom. The second-order valence-electron chi connectivity index (χ2n) is 3.57. The van der Waals surface area contributed by atoms with Crippen molar-refractivity contribution in [2.75, 3.05) is 6.61 Å². The average molecular weight is 208 g/mol. The molecule has 82 valence electrons. The van der Waals surface area contributed by atoms with Gasteiger partial charge in [0.15, 0.2) is 0 Å². The van der Waals surface area contributed by atoms with E-state index in [-0.39, 0.29) is 32.0 Å². The zero-order valence-electron chi connectivity index (χ0n) is 7.84. The van der Waals surface area contributed by atoms with Crippen LogP contribution in [0.2, 0.25) is 0 Å². The summed E-state index contributed by atoms with van der Waals surface area (Å²) in [5.41, 5.74) is 0. The Morgan fingerprint density at radius 3 is 2.50 bits per heavy atom. The highest BCUT2D eigenvalue weighted by Gasteiger charge is 2.35. The Bertz CT molecular complexity index is 196. The van der Waals surface area contributed by atoms with E-state index in [9.17, 15) is 13.6 Å². The second kappa shape index (κ2) is 4.68. The summed E-state index contributed by atoms with van der Waals surface area (Å²) in [5.74, 6) is -3.47. The zero-order valence-corrected chi connectivity index (χ0v) is 7.84. The molecule has 1 aliphatic rings. The lowest BCUT2D eigenvalue weighted by Crippen LogP contribution is -2.29. The molecule has 5 heteroatoms. The summed E-state index contributed by atoms with van der Waals surface area (Å²) in [4.78, 5) is 10.1. The third kappa shape index (κ3) is 4.00. The summed E-state index contributed by atoms with van der Waals surface area (Å²) in [6, 6.07) is 0. The van der Waals surface area contributed by atoms with Crippen molar-refractivity contribution in [3.05, 3.63) is 0 Å². The third-order valence-corrected chi connectivity index (χ3v) is 2.33. The number of carboxylic acid groups (broad SMARTS) is 1. The topological polar surface area (TPSA) is 46.5 Å². The maximum absolute atomic E-state index is 12.7. The van der Waals surface area contributed by atoms with E-state index in [2.05, 4.69) is 0 Å². The predicted molar refractivity (Wildman–Crippen MR) is 45.4 cm³/mol. The van der Waals surface area contributed by atoms with Crippen molar-refractivity contribution in [2.24, 2.45) is 0 Å². The van der Waals surface area contributed by atoms with Crippen molar-refractivity contribution in [2.45, 2.75) is 44.1 Å². The van der Waals surface area contributed by atoms with Gasteiger partial charge in [0.1, 0.15) is 0 Å². The molecule has 0 heterocycles. The Kier molecular flexibility index (Phi) is 3.80. The number of rotatable bonds is 4. The Labute approximate surface area is 81.1 Å². The molecule has 1 saturated carbocycles. The molecule has 0 atom stereocenters. The highest BCUT2D eigenvalue weighted by molar-refractivity contribution is 5.66. The molecular weight excluding hydrogens is 194 g/mol. The van der Waals surface area contributed by atoms with Crippen LogP contribution in [0.5, 0.6) is 0 Å². The molecule has 0 amide bonds. The molecule has 1 N–H and O–H groups in total. The number of hydrogen-bond donors (Lipinski definition) is 1. The first-order valence-corrected chi connectivity index (χ1v) is 4.71. The molecule has 0 aromatic heterocycles. The second-order valence-corrected chi connectivity index (χ2v) is 3.57. The van der Waals surface area contributed by atoms with E-state index >= 15 is 0 Å². The van der Waals surface area contributed by atoms with E-state index in [1.54, 1.807) is 0 Å². The first kappa shape index (κ1) is 11.4. The van der Waals surface area contributed by atoms with Crippen LogP contribution in [0.25, 0.3) is 0 Å². The van der Waals surface area contributed by atoms with Crippen molar-refractivity contribution >= 4 is 5.97 Å². The van der Waals surface area contributed by atoms with Gasteiger partial charge in [-0.2, -0.15) is 0 Å².